The van der Waals surface area contributed by atoms with Gasteiger partial charge in [0.1, 0.15) is 12.2 Å². The minimum absolute atomic E-state index is 0.00982. The largest absolute Gasteiger partial charge is 0.458 e. The van der Waals surface area contributed by atoms with Gasteiger partial charge >= 0.3 is 11.6 Å². The Bertz CT molecular complexity index is 783. The molecule has 2 rings (SSSR count). The lowest BCUT2D eigenvalue weighted by atomic mass is 10.1. The van der Waals surface area contributed by atoms with Crippen LogP contribution in [0.2, 0.25) is 5.02 Å². The number of esters is 1. The number of hydrogen-bond donors (Lipinski definition) is 0. The Morgan fingerprint density at radius 3 is 2.71 bits per heavy atom. The quantitative estimate of drug-likeness (QED) is 0.492. The highest BCUT2D eigenvalue weighted by Crippen LogP contribution is 2.25. The van der Waals surface area contributed by atoms with Crippen molar-refractivity contribution in [1.82, 2.24) is 0 Å². The Kier molecular flexibility index (Phi) is 4.48. The maximum atomic E-state index is 11.6. The summed E-state index contributed by atoms with van der Waals surface area (Å²) in [6.45, 7) is 5.42. The standard InChI is InChI=1S/C16H15ClO4/c1-9(2)4-15(18)20-8-11-6-16(19)21-14-5-10(3)13(17)7-12(11)14/h4-7H,8H2,1-3H3. The van der Waals surface area contributed by atoms with E-state index in [1.54, 1.807) is 26.0 Å². The Labute approximate surface area is 127 Å². The maximum absolute atomic E-state index is 11.6. The van der Waals surface area contributed by atoms with E-state index in [1.807, 2.05) is 6.92 Å². The molecular weight excluding hydrogens is 292 g/mol. The first-order valence-electron chi connectivity index (χ1n) is 6.41. The first kappa shape index (κ1) is 15.3. The van der Waals surface area contributed by atoms with E-state index in [-0.39, 0.29) is 6.61 Å². The fraction of sp³-hybridized carbons (Fsp3) is 0.250. The predicted octanol–water partition coefficient (Wildman–Crippen LogP) is 3.76. The predicted molar refractivity (Wildman–Crippen MR) is 81.5 cm³/mol. The van der Waals surface area contributed by atoms with E-state index in [2.05, 4.69) is 0 Å². The van der Waals surface area contributed by atoms with Crippen molar-refractivity contribution in [3.05, 3.63) is 56.4 Å². The Morgan fingerprint density at radius 1 is 1.33 bits per heavy atom. The summed E-state index contributed by atoms with van der Waals surface area (Å²) < 4.78 is 10.3. The third-order valence-electron chi connectivity index (χ3n) is 2.89. The van der Waals surface area contributed by atoms with Crippen LogP contribution in [-0.4, -0.2) is 5.97 Å². The molecule has 0 saturated heterocycles. The molecule has 0 amide bonds. The van der Waals surface area contributed by atoms with E-state index < -0.39 is 11.6 Å². The smallest absolute Gasteiger partial charge is 0.336 e. The van der Waals surface area contributed by atoms with Gasteiger partial charge < -0.3 is 9.15 Å². The van der Waals surface area contributed by atoms with Crippen LogP contribution in [0.5, 0.6) is 0 Å². The van der Waals surface area contributed by atoms with Gasteiger partial charge in [0.05, 0.1) is 0 Å². The summed E-state index contributed by atoms with van der Waals surface area (Å²) in [5.41, 5.74) is 2.16. The molecule has 0 spiro atoms. The molecule has 4 nitrogen and oxygen atoms in total. The number of aryl methyl sites for hydroxylation is 1. The molecule has 0 saturated carbocycles. The number of allylic oxidation sites excluding steroid dienone is 1. The van der Waals surface area contributed by atoms with E-state index in [0.29, 0.717) is 21.6 Å². The van der Waals surface area contributed by atoms with Crippen molar-refractivity contribution in [2.45, 2.75) is 27.4 Å². The average Bonchev–Trinajstić information content (AvgIpc) is 2.37. The van der Waals surface area contributed by atoms with Crippen LogP contribution in [-0.2, 0) is 16.1 Å². The van der Waals surface area contributed by atoms with E-state index in [9.17, 15) is 9.59 Å². The number of ether oxygens (including phenoxy) is 1. The third kappa shape index (κ3) is 3.73. The number of carbonyl (C=O) groups excluding carboxylic acids is 1. The second-order valence-electron chi connectivity index (χ2n) is 5.02. The molecule has 1 aromatic heterocycles. The van der Waals surface area contributed by atoms with Gasteiger partial charge in [0.15, 0.2) is 0 Å². The number of halogens is 1. The minimum Gasteiger partial charge on any atom is -0.458 e. The highest BCUT2D eigenvalue weighted by molar-refractivity contribution is 6.32. The summed E-state index contributed by atoms with van der Waals surface area (Å²) in [6, 6.07) is 4.71. The lowest BCUT2D eigenvalue weighted by molar-refractivity contribution is -0.139. The summed E-state index contributed by atoms with van der Waals surface area (Å²) in [5.74, 6) is -0.449. The molecule has 0 aliphatic heterocycles. The molecule has 0 aliphatic carbocycles. The molecule has 1 aromatic carbocycles. The summed E-state index contributed by atoms with van der Waals surface area (Å²) in [5, 5.41) is 1.23. The van der Waals surface area contributed by atoms with Crippen LogP contribution in [0.1, 0.15) is 25.0 Å². The zero-order valence-electron chi connectivity index (χ0n) is 12.0. The Hall–Kier alpha value is -2.07. The molecule has 0 N–H and O–H groups in total. The molecule has 5 heteroatoms. The number of hydrogen-bond acceptors (Lipinski definition) is 4. The van der Waals surface area contributed by atoms with Gasteiger partial charge in [-0.3, -0.25) is 0 Å². The first-order valence-corrected chi connectivity index (χ1v) is 6.79. The van der Waals surface area contributed by atoms with Crippen molar-refractivity contribution in [3.8, 4) is 0 Å². The Balaban J connectivity index is 2.39. The molecule has 0 bridgehead atoms. The molecule has 2 aromatic rings. The fourth-order valence-corrected chi connectivity index (χ4v) is 2.06. The minimum atomic E-state index is -0.488. The van der Waals surface area contributed by atoms with Crippen LogP contribution in [0.25, 0.3) is 11.0 Å². The zero-order valence-corrected chi connectivity index (χ0v) is 12.8. The summed E-state index contributed by atoms with van der Waals surface area (Å²) in [4.78, 5) is 23.1. The second-order valence-corrected chi connectivity index (χ2v) is 5.42. The van der Waals surface area contributed by atoms with Crippen molar-refractivity contribution < 1.29 is 13.9 Å². The number of fused-ring (bicyclic) bond motifs is 1. The van der Waals surface area contributed by atoms with Crippen LogP contribution >= 0.6 is 11.6 Å². The van der Waals surface area contributed by atoms with Gasteiger partial charge in [-0.1, -0.05) is 17.2 Å². The molecule has 1 heterocycles. The summed E-state index contributed by atoms with van der Waals surface area (Å²) in [7, 11) is 0. The van der Waals surface area contributed by atoms with Gasteiger partial charge in [0.2, 0.25) is 0 Å². The van der Waals surface area contributed by atoms with E-state index in [1.165, 1.54) is 12.1 Å². The van der Waals surface area contributed by atoms with Crippen LogP contribution in [0.4, 0.5) is 0 Å². The van der Waals surface area contributed by atoms with Crippen LogP contribution in [0.15, 0.2) is 39.1 Å². The topological polar surface area (TPSA) is 56.5 Å². The second kappa shape index (κ2) is 6.14. The average molecular weight is 307 g/mol. The lowest BCUT2D eigenvalue weighted by Gasteiger charge is -2.07. The van der Waals surface area contributed by atoms with Crippen LogP contribution < -0.4 is 5.63 Å². The highest BCUT2D eigenvalue weighted by Gasteiger charge is 2.10. The van der Waals surface area contributed by atoms with Crippen molar-refractivity contribution in [1.29, 1.82) is 0 Å². The lowest BCUT2D eigenvalue weighted by Crippen LogP contribution is -2.06. The van der Waals surface area contributed by atoms with E-state index in [0.717, 1.165) is 11.1 Å². The maximum Gasteiger partial charge on any atom is 0.336 e. The highest BCUT2D eigenvalue weighted by atomic mass is 35.5. The monoisotopic (exact) mass is 306 g/mol. The number of carbonyl (C=O) groups is 1. The number of benzene rings is 1. The SMILES string of the molecule is CC(C)=CC(=O)OCc1cc(=O)oc2cc(C)c(Cl)cc12. The van der Waals surface area contributed by atoms with Crippen LogP contribution in [0, 0.1) is 6.92 Å². The first-order chi connectivity index (χ1) is 9.86. The van der Waals surface area contributed by atoms with Crippen molar-refractivity contribution in [2.24, 2.45) is 0 Å². The van der Waals surface area contributed by atoms with Crippen molar-refractivity contribution in [3.63, 3.8) is 0 Å². The van der Waals surface area contributed by atoms with Gasteiger partial charge in [-0.05, 0) is 38.5 Å². The third-order valence-corrected chi connectivity index (χ3v) is 3.29. The van der Waals surface area contributed by atoms with Gasteiger partial charge in [0, 0.05) is 28.1 Å². The molecule has 0 radical (unpaired) electrons. The molecular formula is C16H15ClO4. The molecule has 0 atom stereocenters. The summed E-state index contributed by atoms with van der Waals surface area (Å²) in [6.07, 6.45) is 1.39. The fourth-order valence-electron chi connectivity index (χ4n) is 1.89. The summed E-state index contributed by atoms with van der Waals surface area (Å²) >= 11 is 6.09. The molecule has 0 fully saturated rings. The zero-order chi connectivity index (χ0) is 15.6. The van der Waals surface area contributed by atoms with Gasteiger partial charge in [-0.25, -0.2) is 9.59 Å². The normalized spacial score (nSPS) is 10.5. The van der Waals surface area contributed by atoms with Gasteiger partial charge in [0.25, 0.3) is 0 Å². The molecule has 0 unspecified atom stereocenters. The molecule has 110 valence electrons. The Morgan fingerprint density at radius 2 is 2.05 bits per heavy atom. The van der Waals surface area contributed by atoms with Crippen molar-refractivity contribution in [2.75, 3.05) is 0 Å². The molecule has 21 heavy (non-hydrogen) atoms. The van der Waals surface area contributed by atoms with Gasteiger partial charge in [-0.15, -0.1) is 0 Å². The van der Waals surface area contributed by atoms with E-state index >= 15 is 0 Å². The number of rotatable bonds is 3. The van der Waals surface area contributed by atoms with E-state index in [4.69, 9.17) is 20.8 Å². The van der Waals surface area contributed by atoms with Crippen LogP contribution in [0.3, 0.4) is 0 Å². The van der Waals surface area contributed by atoms with Gasteiger partial charge in [-0.2, -0.15) is 0 Å². The van der Waals surface area contributed by atoms with Crippen molar-refractivity contribution >= 4 is 28.5 Å². The molecule has 0 aliphatic rings.